The highest BCUT2D eigenvalue weighted by atomic mass is 35.5. The van der Waals surface area contributed by atoms with Gasteiger partial charge in [0.05, 0.1) is 6.61 Å². The second kappa shape index (κ2) is 5.99. The summed E-state index contributed by atoms with van der Waals surface area (Å²) in [5.41, 5.74) is 0.890. The number of halogens is 3. The molecule has 0 bridgehead atoms. The minimum Gasteiger partial charge on any atom is -0.486 e. The SMILES string of the molecule is OCc1ccc(OCc2cc(F)ccc2Cl)c(F)c1. The number of ether oxygens (including phenoxy) is 1. The van der Waals surface area contributed by atoms with Crippen LogP contribution in [0.5, 0.6) is 5.75 Å². The van der Waals surface area contributed by atoms with Crippen LogP contribution in [0.25, 0.3) is 0 Å². The zero-order chi connectivity index (χ0) is 13.8. The number of aliphatic hydroxyl groups excluding tert-OH is 1. The molecule has 0 aliphatic heterocycles. The molecule has 0 amide bonds. The fraction of sp³-hybridized carbons (Fsp3) is 0.143. The highest BCUT2D eigenvalue weighted by Crippen LogP contribution is 2.22. The Bertz CT molecular complexity index is 588. The molecule has 0 aliphatic rings. The Hall–Kier alpha value is -1.65. The van der Waals surface area contributed by atoms with Crippen LogP contribution < -0.4 is 4.74 Å². The maximum atomic E-state index is 13.6. The fourth-order valence-electron chi connectivity index (χ4n) is 1.57. The van der Waals surface area contributed by atoms with Gasteiger partial charge in [0.1, 0.15) is 12.4 Å². The molecule has 0 aromatic heterocycles. The first-order valence-corrected chi connectivity index (χ1v) is 5.94. The Morgan fingerprint density at radius 1 is 1.11 bits per heavy atom. The van der Waals surface area contributed by atoms with Gasteiger partial charge in [0, 0.05) is 10.6 Å². The van der Waals surface area contributed by atoms with E-state index in [1.54, 1.807) is 6.07 Å². The molecule has 0 heterocycles. The van der Waals surface area contributed by atoms with Crippen molar-refractivity contribution in [1.82, 2.24) is 0 Å². The maximum absolute atomic E-state index is 13.6. The molecular formula is C14H11ClF2O2. The fourth-order valence-corrected chi connectivity index (χ4v) is 1.74. The standard InChI is InChI=1S/C14H11ClF2O2/c15-12-3-2-11(16)6-10(12)8-19-14-4-1-9(7-18)5-13(14)17/h1-6,18H,7-8H2. The Kier molecular flexibility index (Phi) is 4.35. The van der Waals surface area contributed by atoms with E-state index in [9.17, 15) is 8.78 Å². The van der Waals surface area contributed by atoms with E-state index in [0.29, 0.717) is 16.1 Å². The smallest absolute Gasteiger partial charge is 0.165 e. The predicted octanol–water partition coefficient (Wildman–Crippen LogP) is 3.69. The Morgan fingerprint density at radius 2 is 1.89 bits per heavy atom. The summed E-state index contributed by atoms with van der Waals surface area (Å²) in [6.07, 6.45) is 0. The van der Waals surface area contributed by atoms with Gasteiger partial charge in [0.15, 0.2) is 11.6 Å². The van der Waals surface area contributed by atoms with Gasteiger partial charge in [-0.3, -0.25) is 0 Å². The molecule has 0 unspecified atom stereocenters. The van der Waals surface area contributed by atoms with Crippen molar-refractivity contribution in [2.45, 2.75) is 13.2 Å². The van der Waals surface area contributed by atoms with Crippen molar-refractivity contribution in [1.29, 1.82) is 0 Å². The molecule has 0 spiro atoms. The second-order valence-corrected chi connectivity index (χ2v) is 4.35. The Morgan fingerprint density at radius 3 is 2.58 bits per heavy atom. The zero-order valence-corrected chi connectivity index (χ0v) is 10.6. The highest BCUT2D eigenvalue weighted by molar-refractivity contribution is 6.31. The van der Waals surface area contributed by atoms with Crippen LogP contribution in [0.1, 0.15) is 11.1 Å². The summed E-state index contributed by atoms with van der Waals surface area (Å²) in [6.45, 7) is -0.279. The van der Waals surface area contributed by atoms with E-state index in [4.69, 9.17) is 21.4 Å². The predicted molar refractivity (Wildman–Crippen MR) is 68.1 cm³/mol. The van der Waals surface area contributed by atoms with Crippen molar-refractivity contribution in [3.05, 3.63) is 64.2 Å². The summed E-state index contributed by atoms with van der Waals surface area (Å²) in [7, 11) is 0. The molecule has 2 aromatic carbocycles. The molecule has 1 N–H and O–H groups in total. The van der Waals surface area contributed by atoms with Gasteiger partial charge in [0.25, 0.3) is 0 Å². The van der Waals surface area contributed by atoms with Crippen LogP contribution >= 0.6 is 11.6 Å². The molecule has 0 saturated carbocycles. The summed E-state index contributed by atoms with van der Waals surface area (Å²) in [5.74, 6) is -0.990. The molecule has 0 saturated heterocycles. The largest absolute Gasteiger partial charge is 0.486 e. The summed E-state index contributed by atoms with van der Waals surface area (Å²) in [4.78, 5) is 0. The monoisotopic (exact) mass is 284 g/mol. The molecule has 0 aliphatic carbocycles. The van der Waals surface area contributed by atoms with E-state index < -0.39 is 11.6 Å². The van der Waals surface area contributed by atoms with Crippen LogP contribution in [0.2, 0.25) is 5.02 Å². The van der Waals surface area contributed by atoms with Gasteiger partial charge in [-0.05, 0) is 35.9 Å². The lowest BCUT2D eigenvalue weighted by Gasteiger charge is -2.09. The molecular weight excluding hydrogens is 274 g/mol. The van der Waals surface area contributed by atoms with E-state index in [1.165, 1.54) is 30.3 Å². The third kappa shape index (κ3) is 3.43. The van der Waals surface area contributed by atoms with Gasteiger partial charge in [-0.15, -0.1) is 0 Å². The first-order valence-electron chi connectivity index (χ1n) is 5.56. The summed E-state index contributed by atoms with van der Waals surface area (Å²) in [6, 6.07) is 8.04. The Balaban J connectivity index is 2.12. The lowest BCUT2D eigenvalue weighted by molar-refractivity contribution is 0.276. The van der Waals surface area contributed by atoms with Crippen molar-refractivity contribution < 1.29 is 18.6 Å². The minimum atomic E-state index is -0.584. The van der Waals surface area contributed by atoms with Gasteiger partial charge in [-0.25, -0.2) is 8.78 Å². The average molecular weight is 285 g/mol. The van der Waals surface area contributed by atoms with E-state index in [1.807, 2.05) is 0 Å². The van der Waals surface area contributed by atoms with Crippen molar-refractivity contribution in [2.75, 3.05) is 0 Å². The molecule has 0 atom stereocenters. The van der Waals surface area contributed by atoms with Gasteiger partial charge in [0.2, 0.25) is 0 Å². The number of hydrogen-bond donors (Lipinski definition) is 1. The van der Waals surface area contributed by atoms with Crippen LogP contribution in [0.3, 0.4) is 0 Å². The summed E-state index contributed by atoms with van der Waals surface area (Å²) < 4.78 is 31.9. The van der Waals surface area contributed by atoms with Crippen LogP contribution in [0.4, 0.5) is 8.78 Å². The normalized spacial score (nSPS) is 10.5. The van der Waals surface area contributed by atoms with Gasteiger partial charge >= 0.3 is 0 Å². The van der Waals surface area contributed by atoms with Crippen LogP contribution in [0, 0.1) is 11.6 Å². The van der Waals surface area contributed by atoms with Crippen LogP contribution in [0.15, 0.2) is 36.4 Å². The third-order valence-corrected chi connectivity index (χ3v) is 2.94. The first-order chi connectivity index (χ1) is 9.10. The van der Waals surface area contributed by atoms with Gasteiger partial charge < -0.3 is 9.84 Å². The van der Waals surface area contributed by atoms with E-state index in [-0.39, 0.29) is 19.0 Å². The number of rotatable bonds is 4. The van der Waals surface area contributed by atoms with Crippen molar-refractivity contribution in [2.24, 2.45) is 0 Å². The van der Waals surface area contributed by atoms with Crippen molar-refractivity contribution in [3.8, 4) is 5.75 Å². The topological polar surface area (TPSA) is 29.5 Å². The molecule has 0 fully saturated rings. The molecule has 100 valence electrons. The molecule has 2 rings (SSSR count). The Labute approximate surface area is 114 Å². The summed E-state index contributed by atoms with van der Waals surface area (Å²) >= 11 is 5.88. The van der Waals surface area contributed by atoms with Gasteiger partial charge in [-0.1, -0.05) is 17.7 Å². The zero-order valence-electron chi connectivity index (χ0n) is 9.87. The lowest BCUT2D eigenvalue weighted by atomic mass is 10.2. The maximum Gasteiger partial charge on any atom is 0.165 e. The molecule has 5 heteroatoms. The minimum absolute atomic E-state index is 0.0255. The van der Waals surface area contributed by atoms with Crippen LogP contribution in [-0.4, -0.2) is 5.11 Å². The third-order valence-electron chi connectivity index (χ3n) is 2.57. The highest BCUT2D eigenvalue weighted by Gasteiger charge is 2.07. The lowest BCUT2D eigenvalue weighted by Crippen LogP contribution is -1.99. The van der Waals surface area contributed by atoms with Gasteiger partial charge in [-0.2, -0.15) is 0 Å². The molecule has 19 heavy (non-hydrogen) atoms. The quantitative estimate of drug-likeness (QED) is 0.928. The molecule has 2 nitrogen and oxygen atoms in total. The first kappa shape index (κ1) is 13.8. The number of benzene rings is 2. The number of hydrogen-bond acceptors (Lipinski definition) is 2. The van der Waals surface area contributed by atoms with E-state index >= 15 is 0 Å². The van der Waals surface area contributed by atoms with E-state index in [2.05, 4.69) is 0 Å². The van der Waals surface area contributed by atoms with E-state index in [0.717, 1.165) is 0 Å². The van der Waals surface area contributed by atoms with Crippen molar-refractivity contribution >= 4 is 11.6 Å². The van der Waals surface area contributed by atoms with Crippen LogP contribution in [-0.2, 0) is 13.2 Å². The second-order valence-electron chi connectivity index (χ2n) is 3.95. The average Bonchev–Trinajstić information content (AvgIpc) is 2.40. The molecule has 2 aromatic rings. The molecule has 0 radical (unpaired) electrons. The van der Waals surface area contributed by atoms with Crippen molar-refractivity contribution in [3.63, 3.8) is 0 Å². The number of aliphatic hydroxyl groups is 1. The summed E-state index contributed by atoms with van der Waals surface area (Å²) in [5, 5.41) is 9.22.